The number of likely N-dealkylation sites (tertiary alicyclic amines) is 1. The molecule has 1 fully saturated rings. The Labute approximate surface area is 123 Å². The lowest BCUT2D eigenvalue weighted by molar-refractivity contribution is 0.0733. The summed E-state index contributed by atoms with van der Waals surface area (Å²) in [6.45, 7) is 0.755. The Morgan fingerprint density at radius 1 is 1.20 bits per heavy atom. The van der Waals surface area contributed by atoms with Crippen LogP contribution in [0.25, 0.3) is 0 Å². The molecule has 1 unspecified atom stereocenters. The van der Waals surface area contributed by atoms with E-state index in [2.05, 4.69) is 4.98 Å². The molecular formula is C16H15ClN2O. The largest absolute Gasteiger partial charge is 0.330 e. The van der Waals surface area contributed by atoms with E-state index in [1.165, 1.54) is 0 Å². The maximum Gasteiger partial charge on any atom is 0.255 e. The van der Waals surface area contributed by atoms with Crippen molar-refractivity contribution in [2.45, 2.75) is 18.9 Å². The van der Waals surface area contributed by atoms with Gasteiger partial charge in [0.1, 0.15) is 0 Å². The molecule has 0 radical (unpaired) electrons. The summed E-state index contributed by atoms with van der Waals surface area (Å²) in [4.78, 5) is 18.9. The number of amides is 1. The number of carbonyl (C=O) groups is 1. The van der Waals surface area contributed by atoms with Crippen molar-refractivity contribution in [1.82, 2.24) is 9.88 Å². The Morgan fingerprint density at radius 3 is 2.75 bits per heavy atom. The van der Waals surface area contributed by atoms with Gasteiger partial charge in [0.05, 0.1) is 22.3 Å². The van der Waals surface area contributed by atoms with Crippen LogP contribution in [0.5, 0.6) is 0 Å². The summed E-state index contributed by atoms with van der Waals surface area (Å²) in [7, 11) is 0. The van der Waals surface area contributed by atoms with Crippen LogP contribution in [0.1, 0.15) is 34.9 Å². The minimum atomic E-state index is -0.0104. The molecule has 3 nitrogen and oxygen atoms in total. The number of hydrogen-bond donors (Lipinski definition) is 0. The van der Waals surface area contributed by atoms with Crippen LogP contribution in [0.15, 0.2) is 48.7 Å². The number of rotatable bonds is 2. The fraction of sp³-hybridized carbons (Fsp3) is 0.250. The summed E-state index contributed by atoms with van der Waals surface area (Å²) in [6.07, 6.45) is 3.72. The molecule has 1 saturated heterocycles. The van der Waals surface area contributed by atoms with E-state index >= 15 is 0 Å². The van der Waals surface area contributed by atoms with Crippen LogP contribution >= 0.6 is 11.6 Å². The molecule has 1 aliphatic heterocycles. The van der Waals surface area contributed by atoms with Gasteiger partial charge in [-0.25, -0.2) is 0 Å². The van der Waals surface area contributed by atoms with Crippen LogP contribution in [0, 0.1) is 0 Å². The lowest BCUT2D eigenvalue weighted by Gasteiger charge is -2.24. The van der Waals surface area contributed by atoms with E-state index in [1.54, 1.807) is 18.3 Å². The van der Waals surface area contributed by atoms with Crippen LogP contribution < -0.4 is 0 Å². The first-order chi connectivity index (χ1) is 9.77. The van der Waals surface area contributed by atoms with Crippen molar-refractivity contribution in [2.75, 3.05) is 6.54 Å². The van der Waals surface area contributed by atoms with Crippen LogP contribution in [0.4, 0.5) is 0 Å². The van der Waals surface area contributed by atoms with E-state index in [0.717, 1.165) is 25.1 Å². The molecule has 0 bridgehead atoms. The molecular weight excluding hydrogens is 272 g/mol. The molecule has 0 aliphatic carbocycles. The number of aromatic nitrogens is 1. The number of hydrogen-bond acceptors (Lipinski definition) is 2. The van der Waals surface area contributed by atoms with Gasteiger partial charge in [-0.05, 0) is 37.1 Å². The molecule has 102 valence electrons. The van der Waals surface area contributed by atoms with E-state index in [1.807, 2.05) is 35.2 Å². The van der Waals surface area contributed by atoms with Gasteiger partial charge in [0, 0.05) is 12.7 Å². The number of pyridine rings is 1. The predicted molar refractivity (Wildman–Crippen MR) is 78.7 cm³/mol. The van der Waals surface area contributed by atoms with Crippen LogP contribution in [-0.2, 0) is 0 Å². The first kappa shape index (κ1) is 13.1. The van der Waals surface area contributed by atoms with Gasteiger partial charge >= 0.3 is 0 Å². The third kappa shape index (κ3) is 2.41. The molecule has 0 spiro atoms. The summed E-state index contributed by atoms with van der Waals surface area (Å²) >= 11 is 6.13. The van der Waals surface area contributed by atoms with E-state index in [-0.39, 0.29) is 11.9 Å². The van der Waals surface area contributed by atoms with Gasteiger partial charge in [-0.2, -0.15) is 0 Å². The predicted octanol–water partition coefficient (Wildman–Crippen LogP) is 3.71. The Hall–Kier alpha value is -1.87. The number of nitrogens with zero attached hydrogens (tertiary/aromatic N) is 2. The number of carbonyl (C=O) groups excluding carboxylic acids is 1. The smallest absolute Gasteiger partial charge is 0.255 e. The van der Waals surface area contributed by atoms with Gasteiger partial charge in [0.15, 0.2) is 0 Å². The van der Waals surface area contributed by atoms with Crippen molar-refractivity contribution in [3.8, 4) is 0 Å². The lowest BCUT2D eigenvalue weighted by atomic mass is 10.1. The first-order valence-electron chi connectivity index (χ1n) is 6.74. The normalized spacial score (nSPS) is 18.2. The maximum atomic E-state index is 12.7. The van der Waals surface area contributed by atoms with E-state index in [9.17, 15) is 4.79 Å². The first-order valence-corrected chi connectivity index (χ1v) is 7.11. The van der Waals surface area contributed by atoms with E-state index < -0.39 is 0 Å². The third-order valence-electron chi connectivity index (χ3n) is 3.65. The third-order valence-corrected chi connectivity index (χ3v) is 3.98. The minimum absolute atomic E-state index is 0.0104. The maximum absolute atomic E-state index is 12.7. The number of halogens is 1. The van der Waals surface area contributed by atoms with Crippen molar-refractivity contribution in [2.24, 2.45) is 0 Å². The monoisotopic (exact) mass is 286 g/mol. The van der Waals surface area contributed by atoms with Gasteiger partial charge in [-0.15, -0.1) is 0 Å². The zero-order chi connectivity index (χ0) is 13.9. The van der Waals surface area contributed by atoms with Crippen molar-refractivity contribution in [1.29, 1.82) is 0 Å². The topological polar surface area (TPSA) is 33.2 Å². The summed E-state index contributed by atoms with van der Waals surface area (Å²) in [5, 5.41) is 0.504. The minimum Gasteiger partial charge on any atom is -0.330 e. The molecule has 1 aromatic heterocycles. The molecule has 2 aromatic rings. The quantitative estimate of drug-likeness (QED) is 0.843. The van der Waals surface area contributed by atoms with Crippen molar-refractivity contribution < 1.29 is 4.79 Å². The van der Waals surface area contributed by atoms with Gasteiger partial charge in [-0.3, -0.25) is 9.78 Å². The summed E-state index contributed by atoms with van der Waals surface area (Å²) < 4.78 is 0. The fourth-order valence-corrected chi connectivity index (χ4v) is 2.90. The Bertz CT molecular complexity index is 615. The molecule has 0 saturated carbocycles. The van der Waals surface area contributed by atoms with Crippen LogP contribution in [-0.4, -0.2) is 22.3 Å². The van der Waals surface area contributed by atoms with Crippen LogP contribution in [0.3, 0.4) is 0 Å². The van der Waals surface area contributed by atoms with Gasteiger partial charge in [0.2, 0.25) is 0 Å². The zero-order valence-corrected chi connectivity index (χ0v) is 11.8. The molecule has 1 amide bonds. The van der Waals surface area contributed by atoms with Gasteiger partial charge < -0.3 is 4.90 Å². The zero-order valence-electron chi connectivity index (χ0n) is 11.0. The second kappa shape index (κ2) is 5.63. The van der Waals surface area contributed by atoms with Gasteiger partial charge in [-0.1, -0.05) is 29.8 Å². The Kier molecular flexibility index (Phi) is 3.70. The highest BCUT2D eigenvalue weighted by molar-refractivity contribution is 6.33. The molecule has 0 N–H and O–H groups in total. The van der Waals surface area contributed by atoms with E-state index in [4.69, 9.17) is 11.6 Å². The van der Waals surface area contributed by atoms with Crippen molar-refractivity contribution >= 4 is 17.5 Å². The molecule has 2 heterocycles. The fourth-order valence-electron chi connectivity index (χ4n) is 2.68. The van der Waals surface area contributed by atoms with Crippen molar-refractivity contribution in [3.05, 3.63) is 64.9 Å². The lowest BCUT2D eigenvalue weighted by Crippen LogP contribution is -2.31. The van der Waals surface area contributed by atoms with E-state index in [0.29, 0.717) is 10.6 Å². The van der Waals surface area contributed by atoms with Crippen LogP contribution in [0.2, 0.25) is 5.02 Å². The molecule has 1 aromatic carbocycles. The summed E-state index contributed by atoms with van der Waals surface area (Å²) in [5.74, 6) is -0.0104. The standard InChI is InChI=1S/C16H15ClN2O/c17-13-7-2-1-6-12(13)16(20)19-11-5-9-15(19)14-8-3-4-10-18-14/h1-4,6-8,10,15H,5,9,11H2. The highest BCUT2D eigenvalue weighted by atomic mass is 35.5. The highest BCUT2D eigenvalue weighted by Crippen LogP contribution is 2.32. The average molecular weight is 287 g/mol. The molecule has 3 rings (SSSR count). The average Bonchev–Trinajstić information content (AvgIpc) is 2.97. The molecule has 1 atom stereocenters. The summed E-state index contributed by atoms with van der Waals surface area (Å²) in [6, 6.07) is 13.1. The Balaban J connectivity index is 1.90. The molecule has 20 heavy (non-hydrogen) atoms. The summed E-state index contributed by atoms with van der Waals surface area (Å²) in [5.41, 5.74) is 1.52. The van der Waals surface area contributed by atoms with Gasteiger partial charge in [0.25, 0.3) is 5.91 Å². The number of benzene rings is 1. The second-order valence-electron chi connectivity index (χ2n) is 4.89. The second-order valence-corrected chi connectivity index (χ2v) is 5.30. The molecule has 4 heteroatoms. The Morgan fingerprint density at radius 2 is 2.00 bits per heavy atom. The molecule has 1 aliphatic rings. The van der Waals surface area contributed by atoms with Crippen molar-refractivity contribution in [3.63, 3.8) is 0 Å². The SMILES string of the molecule is O=C(c1ccccc1Cl)N1CCCC1c1ccccn1. The highest BCUT2D eigenvalue weighted by Gasteiger charge is 2.31.